The molecule has 1 atom stereocenters. The Kier molecular flexibility index (Phi) is 9.88. The largest absolute Gasteiger partial charge is 0.466 e. The van der Waals surface area contributed by atoms with Crippen LogP contribution in [0.2, 0.25) is 0 Å². The minimum absolute atomic E-state index is 0.0831. The standard InChI is InChI=1S/C25H30N2O4/c1-4-17-31-25(29)27-22(16-15-20-11-7-5-8-12-20)23(24(28)30-3)19(2)26-18-21-13-9-6-10-14-21/h4-14,22,26H,1,15-18H2,2-3H3,(H,27,29)/b23-19-/t22-/m0/s1. The molecule has 164 valence electrons. The summed E-state index contributed by atoms with van der Waals surface area (Å²) in [6.07, 6.45) is 2.04. The fraction of sp³-hybridized carbons (Fsp3) is 0.280. The zero-order valence-corrected chi connectivity index (χ0v) is 18.1. The fourth-order valence-electron chi connectivity index (χ4n) is 3.16. The van der Waals surface area contributed by atoms with E-state index in [4.69, 9.17) is 9.47 Å². The molecule has 0 saturated heterocycles. The highest BCUT2D eigenvalue weighted by atomic mass is 16.5. The van der Waals surface area contributed by atoms with E-state index in [-0.39, 0.29) is 6.61 Å². The molecule has 0 fully saturated rings. The Hall–Kier alpha value is -3.54. The third kappa shape index (κ3) is 8.01. The number of esters is 1. The molecule has 1 amide bonds. The summed E-state index contributed by atoms with van der Waals surface area (Å²) in [6.45, 7) is 5.98. The highest BCUT2D eigenvalue weighted by Gasteiger charge is 2.26. The smallest absolute Gasteiger partial charge is 0.407 e. The van der Waals surface area contributed by atoms with Crippen molar-refractivity contribution in [1.29, 1.82) is 0 Å². The van der Waals surface area contributed by atoms with Crippen molar-refractivity contribution in [3.63, 3.8) is 0 Å². The number of nitrogens with one attached hydrogen (secondary N) is 2. The summed E-state index contributed by atoms with van der Waals surface area (Å²) in [5.41, 5.74) is 3.18. The molecule has 0 radical (unpaired) electrons. The summed E-state index contributed by atoms with van der Waals surface area (Å²) in [5, 5.41) is 6.09. The Labute approximate surface area is 184 Å². The maximum Gasteiger partial charge on any atom is 0.407 e. The van der Waals surface area contributed by atoms with Crippen molar-refractivity contribution in [1.82, 2.24) is 10.6 Å². The van der Waals surface area contributed by atoms with Gasteiger partial charge in [-0.15, -0.1) is 0 Å². The number of amides is 1. The van der Waals surface area contributed by atoms with Crippen LogP contribution in [0.4, 0.5) is 4.79 Å². The van der Waals surface area contributed by atoms with Crippen molar-refractivity contribution < 1.29 is 19.1 Å². The number of carbonyl (C=O) groups excluding carboxylic acids is 2. The number of hydrogen-bond donors (Lipinski definition) is 2. The second-order valence-electron chi connectivity index (χ2n) is 6.98. The van der Waals surface area contributed by atoms with E-state index >= 15 is 0 Å². The molecule has 0 heterocycles. The van der Waals surface area contributed by atoms with E-state index in [1.807, 2.05) is 67.6 Å². The van der Waals surface area contributed by atoms with Crippen molar-refractivity contribution >= 4 is 12.1 Å². The summed E-state index contributed by atoms with van der Waals surface area (Å²) >= 11 is 0. The molecular weight excluding hydrogens is 392 g/mol. The minimum Gasteiger partial charge on any atom is -0.466 e. The molecular formula is C25H30N2O4. The summed E-state index contributed by atoms with van der Waals surface area (Å²) in [5.74, 6) is -0.500. The molecule has 2 N–H and O–H groups in total. The maximum absolute atomic E-state index is 12.7. The van der Waals surface area contributed by atoms with E-state index in [2.05, 4.69) is 17.2 Å². The van der Waals surface area contributed by atoms with Gasteiger partial charge in [0.15, 0.2) is 0 Å². The first-order valence-electron chi connectivity index (χ1n) is 10.2. The Balaban J connectivity index is 2.25. The molecule has 6 heteroatoms. The lowest BCUT2D eigenvalue weighted by Gasteiger charge is -2.23. The number of aryl methyl sites for hydroxylation is 1. The average Bonchev–Trinajstić information content (AvgIpc) is 2.81. The summed E-state index contributed by atoms with van der Waals surface area (Å²) in [7, 11) is 1.33. The average molecular weight is 423 g/mol. The van der Waals surface area contributed by atoms with Gasteiger partial charge in [0.25, 0.3) is 0 Å². The first kappa shape index (κ1) is 23.7. The number of benzene rings is 2. The van der Waals surface area contributed by atoms with Gasteiger partial charge in [-0.05, 0) is 30.9 Å². The molecule has 0 aromatic heterocycles. The van der Waals surface area contributed by atoms with Gasteiger partial charge in [0.05, 0.1) is 18.7 Å². The molecule has 0 aliphatic heterocycles. The van der Waals surface area contributed by atoms with E-state index in [9.17, 15) is 9.59 Å². The van der Waals surface area contributed by atoms with Crippen LogP contribution in [0.25, 0.3) is 0 Å². The van der Waals surface area contributed by atoms with Crippen LogP contribution in [-0.2, 0) is 27.2 Å². The molecule has 2 rings (SSSR count). The molecule has 6 nitrogen and oxygen atoms in total. The number of ether oxygens (including phenoxy) is 2. The number of hydrogen-bond acceptors (Lipinski definition) is 5. The molecule has 0 saturated carbocycles. The van der Waals surface area contributed by atoms with Gasteiger partial charge in [-0.2, -0.15) is 0 Å². The number of carbonyl (C=O) groups is 2. The van der Waals surface area contributed by atoms with Crippen molar-refractivity contribution in [2.75, 3.05) is 13.7 Å². The topological polar surface area (TPSA) is 76.7 Å². The Bertz CT molecular complexity index is 879. The van der Waals surface area contributed by atoms with Crippen molar-refractivity contribution in [3.05, 3.63) is 95.7 Å². The Morgan fingerprint density at radius 1 is 1.03 bits per heavy atom. The first-order chi connectivity index (χ1) is 15.0. The predicted octanol–water partition coefficient (Wildman–Crippen LogP) is 4.14. The SMILES string of the molecule is C=CCOC(=O)N[C@@H](CCc1ccccc1)/C(C(=O)OC)=C(\C)NCc1ccccc1. The summed E-state index contributed by atoms with van der Waals surface area (Å²) in [6, 6.07) is 19.1. The van der Waals surface area contributed by atoms with Crippen LogP contribution < -0.4 is 10.6 Å². The highest BCUT2D eigenvalue weighted by Crippen LogP contribution is 2.17. The molecule has 0 unspecified atom stereocenters. The molecule has 0 bridgehead atoms. The monoisotopic (exact) mass is 422 g/mol. The quantitative estimate of drug-likeness (QED) is 0.323. The van der Waals surface area contributed by atoms with Gasteiger partial charge in [0, 0.05) is 12.2 Å². The molecule has 2 aromatic carbocycles. The van der Waals surface area contributed by atoms with Gasteiger partial charge in [-0.25, -0.2) is 9.59 Å². The van der Waals surface area contributed by atoms with Gasteiger partial charge in [0.2, 0.25) is 0 Å². The van der Waals surface area contributed by atoms with Crippen LogP contribution in [0.1, 0.15) is 24.5 Å². The summed E-state index contributed by atoms with van der Waals surface area (Å²) < 4.78 is 10.1. The van der Waals surface area contributed by atoms with Gasteiger partial charge in [-0.1, -0.05) is 73.3 Å². The summed E-state index contributed by atoms with van der Waals surface area (Å²) in [4.78, 5) is 24.9. The van der Waals surface area contributed by atoms with Crippen molar-refractivity contribution in [2.24, 2.45) is 0 Å². The molecule has 0 aliphatic rings. The van der Waals surface area contributed by atoms with E-state index < -0.39 is 18.1 Å². The van der Waals surface area contributed by atoms with Crippen LogP contribution in [0, 0.1) is 0 Å². The molecule has 31 heavy (non-hydrogen) atoms. The second-order valence-corrected chi connectivity index (χ2v) is 6.98. The molecule has 0 aliphatic carbocycles. The lowest BCUT2D eigenvalue weighted by molar-refractivity contribution is -0.136. The highest BCUT2D eigenvalue weighted by molar-refractivity contribution is 5.91. The van der Waals surface area contributed by atoms with E-state index in [1.54, 1.807) is 0 Å². The molecule has 0 spiro atoms. The number of alkyl carbamates (subject to hydrolysis) is 1. The second kappa shape index (κ2) is 12.9. The lowest BCUT2D eigenvalue weighted by atomic mass is 9.97. The maximum atomic E-state index is 12.7. The van der Waals surface area contributed by atoms with Crippen molar-refractivity contribution in [2.45, 2.75) is 32.4 Å². The lowest BCUT2D eigenvalue weighted by Crippen LogP contribution is -2.41. The number of methoxy groups -OCH3 is 1. The Morgan fingerprint density at radius 3 is 2.23 bits per heavy atom. The zero-order valence-electron chi connectivity index (χ0n) is 18.1. The van der Waals surface area contributed by atoms with Gasteiger partial charge in [-0.3, -0.25) is 0 Å². The predicted molar refractivity (Wildman–Crippen MR) is 121 cm³/mol. The van der Waals surface area contributed by atoms with Crippen LogP contribution >= 0.6 is 0 Å². The van der Waals surface area contributed by atoms with Crippen molar-refractivity contribution in [3.8, 4) is 0 Å². The fourth-order valence-corrected chi connectivity index (χ4v) is 3.16. The first-order valence-corrected chi connectivity index (χ1v) is 10.2. The number of allylic oxidation sites excluding steroid dienone is 1. The Morgan fingerprint density at radius 2 is 1.65 bits per heavy atom. The normalized spacial score (nSPS) is 12.2. The van der Waals surface area contributed by atoms with Crippen LogP contribution in [-0.4, -0.2) is 31.8 Å². The van der Waals surface area contributed by atoms with Crippen LogP contribution in [0.3, 0.4) is 0 Å². The van der Waals surface area contributed by atoms with Gasteiger partial charge in [0.1, 0.15) is 6.61 Å². The van der Waals surface area contributed by atoms with E-state index in [0.29, 0.717) is 30.7 Å². The number of rotatable bonds is 11. The zero-order chi connectivity index (χ0) is 22.5. The van der Waals surface area contributed by atoms with Crippen LogP contribution in [0.5, 0.6) is 0 Å². The van der Waals surface area contributed by atoms with E-state index in [1.165, 1.54) is 13.2 Å². The minimum atomic E-state index is -0.616. The van der Waals surface area contributed by atoms with Gasteiger partial charge < -0.3 is 20.1 Å². The van der Waals surface area contributed by atoms with Crippen LogP contribution in [0.15, 0.2) is 84.6 Å². The van der Waals surface area contributed by atoms with E-state index in [0.717, 1.165) is 11.1 Å². The molecule has 2 aromatic rings. The third-order valence-electron chi connectivity index (χ3n) is 4.75. The third-order valence-corrected chi connectivity index (χ3v) is 4.75. The van der Waals surface area contributed by atoms with Gasteiger partial charge >= 0.3 is 12.1 Å².